The number of carbonyl (C=O) groups excluding carboxylic acids is 1. The standard InChI is InChI=1S/C25H25N5O/c1-26-14-17-10-11-30(16-17)25(31)22-9-5-8-21(28-22)20-12-19-13-23(29-24(19)27-15-20)18-6-3-2-4-7-18/h2-9,12-13,15,17,26H,10-11,14,16H2,1H3,(H,27,29). The summed E-state index contributed by atoms with van der Waals surface area (Å²) in [5.41, 5.74) is 5.13. The van der Waals surface area contributed by atoms with Gasteiger partial charge in [0.25, 0.3) is 5.91 Å². The van der Waals surface area contributed by atoms with Gasteiger partial charge in [-0.15, -0.1) is 0 Å². The zero-order valence-electron chi connectivity index (χ0n) is 17.5. The Hall–Kier alpha value is -3.51. The molecule has 4 heterocycles. The fraction of sp³-hybridized carbons (Fsp3) is 0.240. The molecule has 0 radical (unpaired) electrons. The largest absolute Gasteiger partial charge is 0.339 e. The molecule has 0 bridgehead atoms. The van der Waals surface area contributed by atoms with Crippen molar-refractivity contribution in [3.05, 3.63) is 72.6 Å². The van der Waals surface area contributed by atoms with Crippen molar-refractivity contribution < 1.29 is 4.79 Å². The Morgan fingerprint density at radius 2 is 2.00 bits per heavy atom. The molecule has 3 aromatic heterocycles. The predicted octanol–water partition coefficient (Wildman–Crippen LogP) is 3.97. The number of fused-ring (bicyclic) bond motifs is 1. The summed E-state index contributed by atoms with van der Waals surface area (Å²) in [5.74, 6) is 0.513. The Morgan fingerprint density at radius 1 is 1.13 bits per heavy atom. The lowest BCUT2D eigenvalue weighted by Crippen LogP contribution is -2.31. The molecule has 1 aliphatic heterocycles. The van der Waals surface area contributed by atoms with Crippen molar-refractivity contribution in [2.24, 2.45) is 5.92 Å². The predicted molar refractivity (Wildman–Crippen MR) is 123 cm³/mol. The Labute approximate surface area is 181 Å². The Bertz CT molecular complexity index is 1220. The summed E-state index contributed by atoms with van der Waals surface area (Å²) in [4.78, 5) is 27.5. The molecule has 1 amide bonds. The second-order valence-electron chi connectivity index (χ2n) is 8.08. The lowest BCUT2D eigenvalue weighted by atomic mass is 10.1. The van der Waals surface area contributed by atoms with E-state index in [0.29, 0.717) is 11.6 Å². The summed E-state index contributed by atoms with van der Waals surface area (Å²) in [6, 6.07) is 20.0. The minimum absolute atomic E-state index is 0.00231. The number of amides is 1. The average molecular weight is 412 g/mol. The zero-order valence-corrected chi connectivity index (χ0v) is 17.5. The van der Waals surface area contributed by atoms with Crippen molar-refractivity contribution in [3.8, 4) is 22.5 Å². The quantitative estimate of drug-likeness (QED) is 0.521. The molecule has 0 saturated carbocycles. The van der Waals surface area contributed by atoms with Gasteiger partial charge in [0.1, 0.15) is 11.3 Å². The fourth-order valence-corrected chi connectivity index (χ4v) is 4.28. The van der Waals surface area contributed by atoms with Crippen LogP contribution in [0.3, 0.4) is 0 Å². The summed E-state index contributed by atoms with van der Waals surface area (Å²) >= 11 is 0. The van der Waals surface area contributed by atoms with Crippen molar-refractivity contribution >= 4 is 16.9 Å². The maximum atomic E-state index is 13.0. The number of aromatic amines is 1. The molecule has 0 spiro atoms. The number of nitrogens with one attached hydrogen (secondary N) is 2. The van der Waals surface area contributed by atoms with Gasteiger partial charge in [0, 0.05) is 35.9 Å². The van der Waals surface area contributed by atoms with Crippen molar-refractivity contribution in [2.75, 3.05) is 26.7 Å². The molecule has 4 aromatic rings. The van der Waals surface area contributed by atoms with Crippen molar-refractivity contribution in [2.45, 2.75) is 6.42 Å². The smallest absolute Gasteiger partial charge is 0.272 e. The van der Waals surface area contributed by atoms with Crippen LogP contribution in [-0.4, -0.2) is 52.4 Å². The van der Waals surface area contributed by atoms with Crippen LogP contribution in [0.25, 0.3) is 33.5 Å². The SMILES string of the molecule is CNCC1CCN(C(=O)c2cccc(-c3cnc4[nH]c(-c5ccccc5)cc4c3)n2)C1. The van der Waals surface area contributed by atoms with Crippen LogP contribution in [0.15, 0.2) is 66.9 Å². The van der Waals surface area contributed by atoms with Crippen LogP contribution in [-0.2, 0) is 0 Å². The van der Waals surface area contributed by atoms with Crippen LogP contribution in [0.2, 0.25) is 0 Å². The topological polar surface area (TPSA) is 73.9 Å². The van der Waals surface area contributed by atoms with Crippen LogP contribution < -0.4 is 5.32 Å². The van der Waals surface area contributed by atoms with E-state index in [1.165, 1.54) is 0 Å². The molecule has 1 unspecified atom stereocenters. The maximum Gasteiger partial charge on any atom is 0.272 e. The Kier molecular flexibility index (Phi) is 5.22. The number of aromatic nitrogens is 3. The van der Waals surface area contributed by atoms with Gasteiger partial charge in [0.15, 0.2) is 0 Å². The van der Waals surface area contributed by atoms with E-state index < -0.39 is 0 Å². The van der Waals surface area contributed by atoms with E-state index in [0.717, 1.165) is 59.6 Å². The highest BCUT2D eigenvalue weighted by atomic mass is 16.2. The van der Waals surface area contributed by atoms with Crippen LogP contribution in [0.1, 0.15) is 16.9 Å². The molecule has 1 saturated heterocycles. The molecule has 1 atom stereocenters. The lowest BCUT2D eigenvalue weighted by Gasteiger charge is -2.16. The molecule has 156 valence electrons. The number of carbonyl (C=O) groups is 1. The van der Waals surface area contributed by atoms with Crippen molar-refractivity contribution in [1.29, 1.82) is 0 Å². The first kappa shape index (κ1) is 19.5. The van der Waals surface area contributed by atoms with E-state index in [1.54, 1.807) is 6.07 Å². The monoisotopic (exact) mass is 411 g/mol. The molecule has 1 aromatic carbocycles. The van der Waals surface area contributed by atoms with E-state index in [9.17, 15) is 4.79 Å². The van der Waals surface area contributed by atoms with E-state index >= 15 is 0 Å². The number of H-pyrrole nitrogens is 1. The summed E-state index contributed by atoms with van der Waals surface area (Å²) in [5, 5.41) is 4.22. The number of nitrogens with zero attached hydrogens (tertiary/aromatic N) is 3. The van der Waals surface area contributed by atoms with Gasteiger partial charge in [-0.05, 0) is 55.8 Å². The molecule has 6 heteroatoms. The zero-order chi connectivity index (χ0) is 21.2. The van der Waals surface area contributed by atoms with Crippen LogP contribution in [0.4, 0.5) is 0 Å². The Balaban J connectivity index is 1.41. The molecule has 5 rings (SSSR count). The fourth-order valence-electron chi connectivity index (χ4n) is 4.28. The minimum Gasteiger partial charge on any atom is -0.339 e. The van der Waals surface area contributed by atoms with Crippen LogP contribution >= 0.6 is 0 Å². The highest BCUT2D eigenvalue weighted by Crippen LogP contribution is 2.27. The van der Waals surface area contributed by atoms with Gasteiger partial charge in [-0.3, -0.25) is 4.79 Å². The minimum atomic E-state index is 0.00231. The highest BCUT2D eigenvalue weighted by Gasteiger charge is 2.27. The van der Waals surface area contributed by atoms with Crippen molar-refractivity contribution in [3.63, 3.8) is 0 Å². The van der Waals surface area contributed by atoms with E-state index in [4.69, 9.17) is 0 Å². The first-order valence-electron chi connectivity index (χ1n) is 10.7. The van der Waals surface area contributed by atoms with Gasteiger partial charge in [0.2, 0.25) is 0 Å². The lowest BCUT2D eigenvalue weighted by molar-refractivity contribution is 0.0781. The number of benzene rings is 1. The molecule has 6 nitrogen and oxygen atoms in total. The van der Waals surface area contributed by atoms with Gasteiger partial charge >= 0.3 is 0 Å². The number of hydrogen-bond donors (Lipinski definition) is 2. The molecule has 0 aliphatic carbocycles. The summed E-state index contributed by atoms with van der Waals surface area (Å²) < 4.78 is 0. The molecule has 1 aliphatic rings. The second kappa shape index (κ2) is 8.32. The van der Waals surface area contributed by atoms with Gasteiger partial charge in [-0.2, -0.15) is 0 Å². The highest BCUT2D eigenvalue weighted by molar-refractivity contribution is 5.93. The van der Waals surface area contributed by atoms with Crippen LogP contribution in [0, 0.1) is 5.92 Å². The molecule has 2 N–H and O–H groups in total. The van der Waals surface area contributed by atoms with Crippen molar-refractivity contribution in [1.82, 2.24) is 25.2 Å². The molecular formula is C25H25N5O. The van der Waals surface area contributed by atoms with Gasteiger partial charge < -0.3 is 15.2 Å². The number of rotatable bonds is 5. The third-order valence-corrected chi connectivity index (χ3v) is 5.88. The van der Waals surface area contributed by atoms with E-state index in [2.05, 4.69) is 44.5 Å². The van der Waals surface area contributed by atoms with E-state index in [1.807, 2.05) is 48.5 Å². The Morgan fingerprint density at radius 3 is 2.84 bits per heavy atom. The van der Waals surface area contributed by atoms with E-state index in [-0.39, 0.29) is 5.91 Å². The normalized spacial score (nSPS) is 16.2. The first-order chi connectivity index (χ1) is 15.2. The summed E-state index contributed by atoms with van der Waals surface area (Å²) in [6.45, 7) is 2.51. The molecule has 1 fully saturated rings. The maximum absolute atomic E-state index is 13.0. The number of pyridine rings is 2. The van der Waals surface area contributed by atoms with Gasteiger partial charge in [-0.25, -0.2) is 9.97 Å². The number of likely N-dealkylation sites (tertiary alicyclic amines) is 1. The second-order valence-corrected chi connectivity index (χ2v) is 8.08. The third kappa shape index (κ3) is 3.94. The number of hydrogen-bond acceptors (Lipinski definition) is 4. The molecular weight excluding hydrogens is 386 g/mol. The molecule has 31 heavy (non-hydrogen) atoms. The summed E-state index contributed by atoms with van der Waals surface area (Å²) in [6.07, 6.45) is 2.84. The van der Waals surface area contributed by atoms with Gasteiger partial charge in [-0.1, -0.05) is 36.4 Å². The third-order valence-electron chi connectivity index (χ3n) is 5.88. The van der Waals surface area contributed by atoms with Gasteiger partial charge in [0.05, 0.1) is 5.69 Å². The first-order valence-corrected chi connectivity index (χ1v) is 10.7. The average Bonchev–Trinajstić information content (AvgIpc) is 3.46. The van der Waals surface area contributed by atoms with Crippen LogP contribution in [0.5, 0.6) is 0 Å². The summed E-state index contributed by atoms with van der Waals surface area (Å²) in [7, 11) is 1.95.